The van der Waals surface area contributed by atoms with Gasteiger partial charge >= 0.3 is 11.9 Å². The van der Waals surface area contributed by atoms with Gasteiger partial charge in [-0.1, -0.05) is 82.5 Å². The van der Waals surface area contributed by atoms with Crippen LogP contribution in [0.5, 0.6) is 11.5 Å². The number of unbranched alkanes of at least 4 members (excludes halogenated alkanes) is 4. The first kappa shape index (κ1) is 62.3. The summed E-state index contributed by atoms with van der Waals surface area (Å²) in [6.07, 6.45) is 13.9. The Morgan fingerprint density at radius 2 is 1.23 bits per heavy atom. The number of hydrogen-bond acceptors (Lipinski definition) is 15. The summed E-state index contributed by atoms with van der Waals surface area (Å²) in [6, 6.07) is 44.8. The zero-order chi connectivity index (χ0) is 62.4. The van der Waals surface area contributed by atoms with Gasteiger partial charge in [-0.2, -0.15) is 0 Å². The summed E-state index contributed by atoms with van der Waals surface area (Å²) < 4.78 is 19.6. The second kappa shape index (κ2) is 29.4. The molecule has 0 unspecified atom stereocenters. The maximum Gasteiger partial charge on any atom is 0.343 e. The van der Waals surface area contributed by atoms with Gasteiger partial charge in [0, 0.05) is 100 Å². The highest BCUT2D eigenvalue weighted by Gasteiger charge is 2.45. The number of ether oxygens (including phenoxy) is 3. The molecule has 0 spiro atoms. The van der Waals surface area contributed by atoms with E-state index in [-0.39, 0.29) is 42.2 Å². The SMILES string of the molecule is CCCCCCC(=O)N(CCCCOc1cc(CN(Cc2ccccn2)Cc2ccccn2)cc(CN(Cc2ccccn2)Cc2ccccn2)c1)Cc1ccc(C(=O)Oc2ccc3nc4c(c(CC)c3c2)Cn2c-4cc3c(c2=O)COC(=O)[C@]3(O)CC)cc1. The lowest BCUT2D eigenvalue weighted by Crippen LogP contribution is -2.44. The fourth-order valence-corrected chi connectivity index (χ4v) is 12.2. The van der Waals surface area contributed by atoms with Gasteiger partial charge in [-0.15, -0.1) is 0 Å². The normalized spacial score (nSPS) is 14.1. The van der Waals surface area contributed by atoms with Crippen molar-refractivity contribution in [3.63, 3.8) is 0 Å². The van der Waals surface area contributed by atoms with Crippen LogP contribution in [-0.4, -0.2) is 80.3 Å². The number of aliphatic hydroxyl groups is 1. The molecule has 17 nitrogen and oxygen atoms in total. The van der Waals surface area contributed by atoms with Gasteiger partial charge in [-0.05, 0) is 151 Å². The van der Waals surface area contributed by atoms with Gasteiger partial charge in [0.25, 0.3) is 5.56 Å². The molecule has 1 N–H and O–H groups in total. The smallest absolute Gasteiger partial charge is 0.343 e. The minimum absolute atomic E-state index is 0.0524. The maximum absolute atomic E-state index is 14.0. The zero-order valence-corrected chi connectivity index (χ0v) is 51.6. The number of benzene rings is 3. The lowest BCUT2D eigenvalue weighted by molar-refractivity contribution is -0.172. The zero-order valence-electron chi connectivity index (χ0n) is 51.6. The fourth-order valence-electron chi connectivity index (χ4n) is 12.2. The van der Waals surface area contributed by atoms with E-state index in [0.717, 1.165) is 93.8 Å². The molecule has 6 aromatic heterocycles. The highest BCUT2D eigenvalue weighted by molar-refractivity contribution is 5.93. The van der Waals surface area contributed by atoms with Crippen molar-refractivity contribution in [2.75, 3.05) is 13.2 Å². The Balaban J connectivity index is 0.765. The first-order valence-electron chi connectivity index (χ1n) is 31.5. The van der Waals surface area contributed by atoms with Crippen LogP contribution in [0.3, 0.4) is 0 Å². The Labute approximate surface area is 525 Å². The predicted molar refractivity (Wildman–Crippen MR) is 344 cm³/mol. The number of aryl methyl sites for hydroxylation is 1. The molecule has 90 heavy (non-hydrogen) atoms. The number of hydrogen-bond donors (Lipinski definition) is 1. The van der Waals surface area contributed by atoms with Crippen molar-refractivity contribution >= 4 is 28.7 Å². The van der Waals surface area contributed by atoms with Crippen LogP contribution in [0.25, 0.3) is 22.3 Å². The van der Waals surface area contributed by atoms with Gasteiger partial charge in [0.1, 0.15) is 18.1 Å². The van der Waals surface area contributed by atoms with Crippen LogP contribution in [-0.2, 0) is 85.3 Å². The lowest BCUT2D eigenvalue weighted by atomic mass is 9.86. The van der Waals surface area contributed by atoms with E-state index < -0.39 is 17.5 Å². The van der Waals surface area contributed by atoms with Crippen molar-refractivity contribution in [1.82, 2.24) is 44.2 Å². The Bertz CT molecular complexity index is 3810. The fraction of sp³-hybridized carbons (Fsp3) is 0.329. The molecular weight excluding hydrogens is 1130 g/mol. The topological polar surface area (TPSA) is 195 Å². The summed E-state index contributed by atoms with van der Waals surface area (Å²) in [5, 5.41) is 12.2. The number of cyclic esters (lactones) is 1. The molecule has 2 aliphatic heterocycles. The monoisotopic (exact) mass is 1210 g/mol. The molecule has 2 aliphatic rings. The second-order valence-corrected chi connectivity index (χ2v) is 23.4. The van der Waals surface area contributed by atoms with Gasteiger partial charge in [0.05, 0.1) is 64.0 Å². The first-order valence-corrected chi connectivity index (χ1v) is 31.5. The Hall–Kier alpha value is -9.29. The van der Waals surface area contributed by atoms with E-state index in [9.17, 15) is 24.3 Å². The molecule has 3 aromatic carbocycles. The largest absolute Gasteiger partial charge is 0.494 e. The molecule has 0 aliphatic carbocycles. The van der Waals surface area contributed by atoms with Gasteiger partial charge in [0.15, 0.2) is 5.60 Å². The number of carbonyl (C=O) groups is 3. The average molecular weight is 1210 g/mol. The summed E-state index contributed by atoms with van der Waals surface area (Å²) in [5.74, 6) is -0.0830. The number of rotatable bonds is 29. The molecule has 8 heterocycles. The Morgan fingerprint density at radius 1 is 0.622 bits per heavy atom. The Kier molecular flexibility index (Phi) is 20.3. The number of pyridine rings is 6. The highest BCUT2D eigenvalue weighted by atomic mass is 16.6. The number of nitrogens with zero attached hydrogens (tertiary/aromatic N) is 9. The quantitative estimate of drug-likeness (QED) is 0.0264. The summed E-state index contributed by atoms with van der Waals surface area (Å²) in [5.41, 5.74) is 9.21. The molecular formula is C73H77N9O8. The van der Waals surface area contributed by atoms with Crippen molar-refractivity contribution in [3.8, 4) is 22.9 Å². The van der Waals surface area contributed by atoms with Gasteiger partial charge < -0.3 is 28.8 Å². The molecule has 0 saturated heterocycles. The van der Waals surface area contributed by atoms with Crippen molar-refractivity contribution in [2.45, 2.75) is 143 Å². The first-order chi connectivity index (χ1) is 43.9. The van der Waals surface area contributed by atoms with Crippen LogP contribution < -0.4 is 15.0 Å². The third kappa shape index (κ3) is 15.1. The summed E-state index contributed by atoms with van der Waals surface area (Å²) in [7, 11) is 0. The van der Waals surface area contributed by atoms with E-state index in [4.69, 9.17) is 19.2 Å². The summed E-state index contributed by atoms with van der Waals surface area (Å²) in [6.45, 7) is 11.1. The Morgan fingerprint density at radius 3 is 1.79 bits per heavy atom. The van der Waals surface area contributed by atoms with Crippen LogP contribution in [0, 0.1) is 0 Å². The van der Waals surface area contributed by atoms with Crippen molar-refractivity contribution in [2.24, 2.45) is 0 Å². The molecule has 0 radical (unpaired) electrons. The van der Waals surface area contributed by atoms with Crippen molar-refractivity contribution in [3.05, 3.63) is 242 Å². The molecule has 9 aromatic rings. The van der Waals surface area contributed by atoms with Gasteiger partial charge in [-0.25, -0.2) is 14.6 Å². The molecule has 0 saturated carbocycles. The van der Waals surface area contributed by atoms with Crippen LogP contribution in [0.2, 0.25) is 0 Å². The standard InChI is InChI=1S/C73H77N9O8/c1-4-7-8-9-24-68(83)81(44-51-25-27-54(28-26-51)71(85)90-59-29-30-66-62(40-59)61(5-2)63-49-82-67(69(63)78-66)41-65-64(70(82)84)50-89-72(86)73(65,87)6-3)35-18-19-36-88-60-38-52(42-79(45-55-20-10-14-31-74-55)46-56-21-11-15-32-75-56)37-53(39-60)43-80(47-57-22-12-16-33-76-57)48-58-23-13-17-34-77-58/h10-17,20-23,25-34,37-41,87H,4-9,18-19,24,35-36,42-50H2,1-3H3/t73-/m0/s1. The molecule has 1 amide bonds. The van der Waals surface area contributed by atoms with E-state index in [1.54, 1.807) is 41.8 Å². The number of carbonyl (C=O) groups excluding carboxylic acids is 3. The van der Waals surface area contributed by atoms with Gasteiger partial charge in [0.2, 0.25) is 5.91 Å². The minimum atomic E-state index is -1.93. The minimum Gasteiger partial charge on any atom is -0.494 e. The van der Waals surface area contributed by atoms with E-state index in [1.807, 2.05) is 103 Å². The second-order valence-electron chi connectivity index (χ2n) is 23.4. The van der Waals surface area contributed by atoms with Crippen LogP contribution in [0.4, 0.5) is 0 Å². The number of aromatic nitrogens is 6. The van der Waals surface area contributed by atoms with E-state index >= 15 is 0 Å². The van der Waals surface area contributed by atoms with E-state index in [2.05, 4.69) is 79.1 Å². The molecule has 0 bridgehead atoms. The highest BCUT2D eigenvalue weighted by Crippen LogP contribution is 2.41. The number of fused-ring (bicyclic) bond motifs is 5. The van der Waals surface area contributed by atoms with E-state index in [1.165, 1.54) is 0 Å². The molecule has 462 valence electrons. The van der Waals surface area contributed by atoms with Crippen LogP contribution >= 0.6 is 0 Å². The molecule has 0 fully saturated rings. The third-order valence-electron chi connectivity index (χ3n) is 16.9. The molecule has 17 heteroatoms. The summed E-state index contributed by atoms with van der Waals surface area (Å²) in [4.78, 5) is 84.8. The average Bonchev–Trinajstić information content (AvgIpc) is 1.51. The number of esters is 2. The number of amides is 1. The third-order valence-corrected chi connectivity index (χ3v) is 16.9. The van der Waals surface area contributed by atoms with Crippen LogP contribution in [0.1, 0.15) is 144 Å². The molecule has 11 rings (SSSR count). The summed E-state index contributed by atoms with van der Waals surface area (Å²) >= 11 is 0. The van der Waals surface area contributed by atoms with Crippen LogP contribution in [0.15, 0.2) is 169 Å². The van der Waals surface area contributed by atoms with Crippen molar-refractivity contribution < 1.29 is 33.7 Å². The molecule has 1 atom stereocenters. The lowest BCUT2D eigenvalue weighted by Gasteiger charge is -2.31. The van der Waals surface area contributed by atoms with Crippen molar-refractivity contribution in [1.29, 1.82) is 0 Å². The maximum atomic E-state index is 14.0. The van der Waals surface area contributed by atoms with E-state index in [0.29, 0.717) is 106 Å². The predicted octanol–water partition coefficient (Wildman–Crippen LogP) is 12.0. The van der Waals surface area contributed by atoms with Gasteiger partial charge in [-0.3, -0.25) is 39.3 Å².